The van der Waals surface area contributed by atoms with Crippen molar-refractivity contribution in [2.75, 3.05) is 4.90 Å². The van der Waals surface area contributed by atoms with Gasteiger partial charge in [0.15, 0.2) is 0 Å². The van der Waals surface area contributed by atoms with E-state index < -0.39 is 0 Å². The van der Waals surface area contributed by atoms with Crippen LogP contribution in [0.3, 0.4) is 0 Å². The maximum Gasteiger partial charge on any atom is 0.251 e. The van der Waals surface area contributed by atoms with Gasteiger partial charge in [0.25, 0.3) is 5.56 Å². The minimum Gasteiger partial charge on any atom is -0.322 e. The van der Waals surface area contributed by atoms with Gasteiger partial charge in [-0.1, -0.05) is 54.6 Å². The van der Waals surface area contributed by atoms with Gasteiger partial charge in [-0.2, -0.15) is 0 Å². The van der Waals surface area contributed by atoms with Gasteiger partial charge in [0.1, 0.15) is 0 Å². The average molecular weight is 382 g/mol. The van der Waals surface area contributed by atoms with Gasteiger partial charge in [-0.25, -0.2) is 0 Å². The van der Waals surface area contributed by atoms with Crippen molar-refractivity contribution < 1.29 is 4.79 Å². The normalized spacial score (nSPS) is 10.8. The Bertz CT molecular complexity index is 1200. The summed E-state index contributed by atoms with van der Waals surface area (Å²) >= 11 is 0. The van der Waals surface area contributed by atoms with Crippen molar-refractivity contribution in [2.24, 2.45) is 0 Å². The molecular formula is C25H22N2O2. The molecule has 0 atom stereocenters. The van der Waals surface area contributed by atoms with E-state index in [-0.39, 0.29) is 17.9 Å². The van der Waals surface area contributed by atoms with Crippen LogP contribution in [0.25, 0.3) is 10.9 Å². The Morgan fingerprint density at radius 3 is 2.28 bits per heavy atom. The Labute approximate surface area is 169 Å². The van der Waals surface area contributed by atoms with Crippen molar-refractivity contribution >= 4 is 22.5 Å². The summed E-state index contributed by atoms with van der Waals surface area (Å²) in [5.74, 6) is 0.0283. The van der Waals surface area contributed by atoms with Crippen molar-refractivity contribution in [3.05, 3.63) is 112 Å². The zero-order valence-electron chi connectivity index (χ0n) is 16.3. The highest BCUT2D eigenvalue weighted by molar-refractivity contribution is 5.95. The van der Waals surface area contributed by atoms with Crippen LogP contribution in [0, 0.1) is 6.92 Å². The van der Waals surface area contributed by atoms with Crippen LogP contribution in [0.1, 0.15) is 16.7 Å². The standard InChI is InChI=1S/C25H22N2O2/c1-18-14-21-15-20(12-13-23(21)26-25(18)29)16-24(28)27(22-10-6-3-7-11-22)17-19-8-4-2-5-9-19/h2-15H,16-17H2,1H3,(H,26,29). The number of fused-ring (bicyclic) bond motifs is 1. The fraction of sp³-hybridized carbons (Fsp3) is 0.120. The van der Waals surface area contributed by atoms with Gasteiger partial charge in [-0.05, 0) is 53.8 Å². The molecule has 0 bridgehead atoms. The lowest BCUT2D eigenvalue weighted by atomic mass is 10.1. The predicted octanol–water partition coefficient (Wildman–Crippen LogP) is 4.61. The Balaban J connectivity index is 1.63. The first-order valence-electron chi connectivity index (χ1n) is 9.62. The number of nitrogens with one attached hydrogen (secondary N) is 1. The third-order valence-corrected chi connectivity index (χ3v) is 5.00. The highest BCUT2D eigenvalue weighted by Crippen LogP contribution is 2.20. The van der Waals surface area contributed by atoms with E-state index in [4.69, 9.17) is 0 Å². The van der Waals surface area contributed by atoms with Crippen LogP contribution >= 0.6 is 0 Å². The maximum atomic E-state index is 13.2. The van der Waals surface area contributed by atoms with Crippen molar-refractivity contribution in [1.29, 1.82) is 0 Å². The molecule has 144 valence electrons. The van der Waals surface area contributed by atoms with E-state index >= 15 is 0 Å². The second-order valence-corrected chi connectivity index (χ2v) is 7.18. The smallest absolute Gasteiger partial charge is 0.251 e. The van der Waals surface area contributed by atoms with Crippen LogP contribution in [0.15, 0.2) is 89.7 Å². The molecule has 0 radical (unpaired) electrons. The lowest BCUT2D eigenvalue weighted by Crippen LogP contribution is -2.31. The second kappa shape index (κ2) is 8.15. The molecule has 0 spiro atoms. The first kappa shape index (κ1) is 18.7. The first-order valence-corrected chi connectivity index (χ1v) is 9.62. The number of rotatable bonds is 5. The predicted molar refractivity (Wildman–Crippen MR) is 117 cm³/mol. The fourth-order valence-corrected chi connectivity index (χ4v) is 3.44. The van der Waals surface area contributed by atoms with Crippen molar-refractivity contribution in [3.8, 4) is 0 Å². The van der Waals surface area contributed by atoms with E-state index in [2.05, 4.69) is 4.98 Å². The molecule has 0 aliphatic heterocycles. The molecule has 1 heterocycles. The Morgan fingerprint density at radius 1 is 0.862 bits per heavy atom. The summed E-state index contributed by atoms with van der Waals surface area (Å²) in [6, 6.07) is 27.3. The molecule has 0 fully saturated rings. The van der Waals surface area contributed by atoms with Gasteiger partial charge in [0.2, 0.25) is 5.91 Å². The number of carbonyl (C=O) groups is 1. The summed E-state index contributed by atoms with van der Waals surface area (Å²) in [5.41, 5.74) is 4.23. The number of aromatic nitrogens is 1. The molecule has 0 saturated heterocycles. The molecule has 4 heteroatoms. The van der Waals surface area contributed by atoms with Crippen LogP contribution in [-0.4, -0.2) is 10.9 Å². The number of amides is 1. The number of aromatic amines is 1. The molecular weight excluding hydrogens is 360 g/mol. The number of carbonyl (C=O) groups excluding carboxylic acids is 1. The molecule has 1 aromatic heterocycles. The van der Waals surface area contributed by atoms with Gasteiger partial charge in [0, 0.05) is 16.8 Å². The second-order valence-electron chi connectivity index (χ2n) is 7.18. The quantitative estimate of drug-likeness (QED) is 0.548. The topological polar surface area (TPSA) is 53.2 Å². The number of aryl methyl sites for hydroxylation is 1. The molecule has 0 unspecified atom stereocenters. The SMILES string of the molecule is Cc1cc2cc(CC(=O)N(Cc3ccccc3)c3ccccc3)ccc2[nH]c1=O. The third-order valence-electron chi connectivity index (χ3n) is 5.00. The van der Waals surface area contributed by atoms with Crippen molar-refractivity contribution in [2.45, 2.75) is 19.9 Å². The summed E-state index contributed by atoms with van der Waals surface area (Å²) in [6.45, 7) is 2.30. The van der Waals surface area contributed by atoms with Gasteiger partial charge >= 0.3 is 0 Å². The molecule has 0 saturated carbocycles. The van der Waals surface area contributed by atoms with Crippen LogP contribution in [0.2, 0.25) is 0 Å². The first-order chi connectivity index (χ1) is 14.1. The lowest BCUT2D eigenvalue weighted by molar-refractivity contribution is -0.118. The van der Waals surface area contributed by atoms with Gasteiger partial charge in [0.05, 0.1) is 13.0 Å². The summed E-state index contributed by atoms with van der Waals surface area (Å²) in [5, 5.41) is 0.932. The van der Waals surface area contributed by atoms with E-state index in [0.29, 0.717) is 12.1 Å². The Hall–Kier alpha value is -3.66. The third kappa shape index (κ3) is 4.27. The number of benzene rings is 3. The molecule has 3 aromatic carbocycles. The Morgan fingerprint density at radius 2 is 1.55 bits per heavy atom. The number of pyridine rings is 1. The molecule has 1 amide bonds. The molecule has 0 aliphatic rings. The minimum absolute atomic E-state index is 0.0283. The highest BCUT2D eigenvalue weighted by Gasteiger charge is 2.17. The minimum atomic E-state index is -0.0839. The summed E-state index contributed by atoms with van der Waals surface area (Å²) in [7, 11) is 0. The number of hydrogen-bond donors (Lipinski definition) is 1. The van der Waals surface area contributed by atoms with Crippen molar-refractivity contribution in [1.82, 2.24) is 4.98 Å². The molecule has 4 aromatic rings. The van der Waals surface area contributed by atoms with E-state index in [1.165, 1.54) is 0 Å². The largest absolute Gasteiger partial charge is 0.322 e. The van der Waals surface area contributed by atoms with Crippen molar-refractivity contribution in [3.63, 3.8) is 0 Å². The van der Waals surface area contributed by atoms with E-state index in [0.717, 1.165) is 27.7 Å². The fourth-order valence-electron chi connectivity index (χ4n) is 3.44. The Kier molecular flexibility index (Phi) is 5.25. The molecule has 0 aliphatic carbocycles. The number of anilines is 1. The van der Waals surface area contributed by atoms with E-state index in [9.17, 15) is 9.59 Å². The number of nitrogens with zero attached hydrogens (tertiary/aromatic N) is 1. The van der Waals surface area contributed by atoms with E-state index in [1.807, 2.05) is 89.8 Å². The number of para-hydroxylation sites is 1. The van der Waals surface area contributed by atoms with Gasteiger partial charge in [-0.15, -0.1) is 0 Å². The monoisotopic (exact) mass is 382 g/mol. The number of hydrogen-bond acceptors (Lipinski definition) is 2. The van der Waals surface area contributed by atoms with Crippen LogP contribution in [0.5, 0.6) is 0 Å². The molecule has 29 heavy (non-hydrogen) atoms. The summed E-state index contributed by atoms with van der Waals surface area (Å²) < 4.78 is 0. The van der Waals surface area contributed by atoms with Crippen LogP contribution < -0.4 is 10.5 Å². The number of H-pyrrole nitrogens is 1. The van der Waals surface area contributed by atoms with Gasteiger partial charge in [-0.3, -0.25) is 9.59 Å². The zero-order valence-corrected chi connectivity index (χ0v) is 16.3. The summed E-state index contributed by atoms with van der Waals surface area (Å²) in [4.78, 5) is 29.7. The molecule has 1 N–H and O–H groups in total. The van der Waals surface area contributed by atoms with Crippen LogP contribution in [-0.2, 0) is 17.8 Å². The van der Waals surface area contributed by atoms with Crippen LogP contribution in [0.4, 0.5) is 5.69 Å². The highest BCUT2D eigenvalue weighted by atomic mass is 16.2. The molecule has 4 rings (SSSR count). The van der Waals surface area contributed by atoms with Gasteiger partial charge < -0.3 is 9.88 Å². The maximum absolute atomic E-state index is 13.2. The lowest BCUT2D eigenvalue weighted by Gasteiger charge is -2.23. The zero-order chi connectivity index (χ0) is 20.2. The average Bonchev–Trinajstić information content (AvgIpc) is 2.74. The molecule has 4 nitrogen and oxygen atoms in total. The summed E-state index contributed by atoms with van der Waals surface area (Å²) in [6.07, 6.45) is 0.288. The van der Waals surface area contributed by atoms with E-state index in [1.54, 1.807) is 6.92 Å².